The third-order valence-electron chi connectivity index (χ3n) is 4.43. The van der Waals surface area contributed by atoms with Crippen LogP contribution in [0.15, 0.2) is 23.1 Å². The number of aromatic amines is 1. The molecule has 19 heavy (non-hydrogen) atoms. The van der Waals surface area contributed by atoms with Crippen molar-refractivity contribution in [2.75, 3.05) is 19.6 Å². The molecule has 0 aromatic carbocycles. The van der Waals surface area contributed by atoms with Gasteiger partial charge in [-0.05, 0) is 24.3 Å². The van der Waals surface area contributed by atoms with E-state index in [0.717, 1.165) is 26.1 Å². The van der Waals surface area contributed by atoms with Crippen LogP contribution in [0.4, 0.5) is 0 Å². The summed E-state index contributed by atoms with van der Waals surface area (Å²) in [5.41, 5.74) is 0.400. The fraction of sp³-hybridized carbons (Fsp3) is 0.571. The fourth-order valence-corrected chi connectivity index (χ4v) is 3.49. The number of amides is 1. The van der Waals surface area contributed by atoms with Crippen molar-refractivity contribution in [3.63, 3.8) is 0 Å². The second-order valence-corrected chi connectivity index (χ2v) is 5.46. The van der Waals surface area contributed by atoms with Crippen LogP contribution in [-0.4, -0.2) is 41.5 Å². The molecule has 3 heterocycles. The number of nitrogens with one attached hydrogen (secondary N) is 2. The Morgan fingerprint density at radius 1 is 1.42 bits per heavy atom. The van der Waals surface area contributed by atoms with Crippen LogP contribution in [0.2, 0.25) is 0 Å². The third kappa shape index (κ3) is 2.08. The number of rotatable bonds is 2. The average Bonchev–Trinajstić information content (AvgIpc) is 2.98. The number of aromatic nitrogens is 1. The third-order valence-corrected chi connectivity index (χ3v) is 4.43. The van der Waals surface area contributed by atoms with E-state index in [1.54, 1.807) is 6.07 Å². The standard InChI is InChI=1S/C14H19N3O2/c1-2-12-11-7-15-5-10(11)8-17(12)14(19)9-3-4-13(18)16-6-9/h3-4,6,10-12,15H,2,5,7-8H2,1H3,(H,16,18). The van der Waals surface area contributed by atoms with E-state index >= 15 is 0 Å². The minimum Gasteiger partial charge on any atom is -0.335 e. The largest absolute Gasteiger partial charge is 0.335 e. The summed E-state index contributed by atoms with van der Waals surface area (Å²) >= 11 is 0. The first-order valence-electron chi connectivity index (χ1n) is 6.91. The molecule has 1 aromatic rings. The molecule has 2 aliphatic rings. The molecule has 2 N–H and O–H groups in total. The Labute approximate surface area is 112 Å². The molecule has 0 aliphatic carbocycles. The molecular formula is C14H19N3O2. The van der Waals surface area contributed by atoms with Crippen molar-refractivity contribution < 1.29 is 4.79 Å². The van der Waals surface area contributed by atoms with Crippen molar-refractivity contribution in [1.82, 2.24) is 15.2 Å². The van der Waals surface area contributed by atoms with Gasteiger partial charge in [-0.1, -0.05) is 6.92 Å². The van der Waals surface area contributed by atoms with Crippen LogP contribution in [0.25, 0.3) is 0 Å². The fourth-order valence-electron chi connectivity index (χ4n) is 3.49. The molecule has 3 unspecified atom stereocenters. The van der Waals surface area contributed by atoms with Crippen LogP contribution < -0.4 is 10.9 Å². The second kappa shape index (κ2) is 4.81. The lowest BCUT2D eigenvalue weighted by atomic mass is 9.93. The van der Waals surface area contributed by atoms with Crippen LogP contribution in [0.3, 0.4) is 0 Å². The van der Waals surface area contributed by atoms with Crippen LogP contribution >= 0.6 is 0 Å². The maximum Gasteiger partial charge on any atom is 0.255 e. The molecule has 3 atom stereocenters. The van der Waals surface area contributed by atoms with Gasteiger partial charge >= 0.3 is 0 Å². The van der Waals surface area contributed by atoms with E-state index in [1.807, 2.05) is 4.90 Å². The molecule has 3 rings (SSSR count). The van der Waals surface area contributed by atoms with E-state index in [1.165, 1.54) is 12.3 Å². The van der Waals surface area contributed by atoms with Crippen LogP contribution in [-0.2, 0) is 0 Å². The normalized spacial score (nSPS) is 29.5. The Kier molecular flexibility index (Phi) is 3.14. The van der Waals surface area contributed by atoms with Crippen LogP contribution in [0.5, 0.6) is 0 Å². The molecular weight excluding hydrogens is 242 g/mol. The average molecular weight is 261 g/mol. The predicted molar refractivity (Wildman–Crippen MR) is 72.0 cm³/mol. The molecule has 0 bridgehead atoms. The van der Waals surface area contributed by atoms with Gasteiger partial charge in [-0.15, -0.1) is 0 Å². The van der Waals surface area contributed by atoms with Gasteiger partial charge in [0.2, 0.25) is 5.56 Å². The number of carbonyl (C=O) groups excluding carboxylic acids is 1. The molecule has 1 amide bonds. The summed E-state index contributed by atoms with van der Waals surface area (Å²) in [6.07, 6.45) is 2.50. The Bertz CT molecular complexity index is 519. The van der Waals surface area contributed by atoms with E-state index in [4.69, 9.17) is 0 Å². The minimum atomic E-state index is -0.175. The maximum absolute atomic E-state index is 12.5. The second-order valence-electron chi connectivity index (χ2n) is 5.46. The molecule has 2 aliphatic heterocycles. The molecule has 0 radical (unpaired) electrons. The Balaban J connectivity index is 1.83. The summed E-state index contributed by atoms with van der Waals surface area (Å²) in [6, 6.07) is 3.34. The number of hydrogen-bond donors (Lipinski definition) is 2. The van der Waals surface area contributed by atoms with Crippen molar-refractivity contribution in [3.8, 4) is 0 Å². The lowest BCUT2D eigenvalue weighted by Gasteiger charge is -2.26. The molecule has 0 spiro atoms. The van der Waals surface area contributed by atoms with Crippen LogP contribution in [0, 0.1) is 11.8 Å². The van der Waals surface area contributed by atoms with Gasteiger partial charge in [-0.3, -0.25) is 9.59 Å². The van der Waals surface area contributed by atoms with Gasteiger partial charge < -0.3 is 15.2 Å². The van der Waals surface area contributed by atoms with Crippen molar-refractivity contribution in [1.29, 1.82) is 0 Å². The molecule has 1 aromatic heterocycles. The molecule has 2 saturated heterocycles. The summed E-state index contributed by atoms with van der Waals surface area (Å²) in [7, 11) is 0. The monoisotopic (exact) mass is 261 g/mol. The van der Waals surface area contributed by atoms with E-state index in [2.05, 4.69) is 17.2 Å². The van der Waals surface area contributed by atoms with Crippen molar-refractivity contribution in [2.24, 2.45) is 11.8 Å². The summed E-state index contributed by atoms with van der Waals surface area (Å²) < 4.78 is 0. The van der Waals surface area contributed by atoms with E-state index < -0.39 is 0 Å². The van der Waals surface area contributed by atoms with Gasteiger partial charge in [0.05, 0.1) is 5.56 Å². The molecule has 0 saturated carbocycles. The Morgan fingerprint density at radius 3 is 2.95 bits per heavy atom. The summed E-state index contributed by atoms with van der Waals surface area (Å²) in [5, 5.41) is 3.41. The maximum atomic E-state index is 12.5. The van der Waals surface area contributed by atoms with E-state index in [9.17, 15) is 9.59 Å². The van der Waals surface area contributed by atoms with Crippen molar-refractivity contribution >= 4 is 5.91 Å². The Hall–Kier alpha value is -1.62. The van der Waals surface area contributed by atoms with E-state index in [-0.39, 0.29) is 11.5 Å². The van der Waals surface area contributed by atoms with Gasteiger partial charge in [0, 0.05) is 37.9 Å². The number of carbonyl (C=O) groups is 1. The number of fused-ring (bicyclic) bond motifs is 1. The zero-order valence-electron chi connectivity index (χ0n) is 11.1. The lowest BCUT2D eigenvalue weighted by Crippen LogP contribution is -2.39. The lowest BCUT2D eigenvalue weighted by molar-refractivity contribution is 0.0711. The van der Waals surface area contributed by atoms with E-state index in [0.29, 0.717) is 23.4 Å². The molecule has 2 fully saturated rings. The highest BCUT2D eigenvalue weighted by atomic mass is 16.2. The van der Waals surface area contributed by atoms with Gasteiger partial charge in [0.1, 0.15) is 0 Å². The number of pyridine rings is 1. The highest BCUT2D eigenvalue weighted by Gasteiger charge is 2.45. The first kappa shape index (κ1) is 12.4. The van der Waals surface area contributed by atoms with Crippen molar-refractivity contribution in [3.05, 3.63) is 34.2 Å². The number of H-pyrrole nitrogens is 1. The first-order chi connectivity index (χ1) is 9.20. The van der Waals surface area contributed by atoms with Crippen LogP contribution in [0.1, 0.15) is 23.7 Å². The van der Waals surface area contributed by atoms with Gasteiger partial charge in [0.15, 0.2) is 0 Å². The summed E-state index contributed by atoms with van der Waals surface area (Å²) in [5.74, 6) is 1.20. The minimum absolute atomic E-state index is 0.0394. The first-order valence-corrected chi connectivity index (χ1v) is 6.91. The number of nitrogens with zero attached hydrogens (tertiary/aromatic N) is 1. The van der Waals surface area contributed by atoms with Crippen molar-refractivity contribution in [2.45, 2.75) is 19.4 Å². The zero-order valence-corrected chi connectivity index (χ0v) is 11.1. The highest BCUT2D eigenvalue weighted by molar-refractivity contribution is 5.94. The topological polar surface area (TPSA) is 65.2 Å². The highest BCUT2D eigenvalue weighted by Crippen LogP contribution is 2.34. The smallest absolute Gasteiger partial charge is 0.255 e. The molecule has 102 valence electrons. The SMILES string of the molecule is CCC1C2CNCC2CN1C(=O)c1ccc(=O)[nH]c1. The summed E-state index contributed by atoms with van der Waals surface area (Å²) in [4.78, 5) is 28.2. The number of hydrogen-bond acceptors (Lipinski definition) is 3. The molecule has 5 nitrogen and oxygen atoms in total. The van der Waals surface area contributed by atoms with Gasteiger partial charge in [-0.2, -0.15) is 0 Å². The summed E-state index contributed by atoms with van der Waals surface area (Å²) in [6.45, 7) is 4.99. The van der Waals surface area contributed by atoms with Gasteiger partial charge in [-0.25, -0.2) is 0 Å². The Morgan fingerprint density at radius 2 is 2.26 bits per heavy atom. The molecule has 5 heteroatoms. The van der Waals surface area contributed by atoms with Gasteiger partial charge in [0.25, 0.3) is 5.91 Å². The number of likely N-dealkylation sites (tertiary alicyclic amines) is 1. The predicted octanol–water partition coefficient (Wildman–Crippen LogP) is 0.445. The quantitative estimate of drug-likeness (QED) is 0.812. The zero-order chi connectivity index (χ0) is 13.4.